The fourth-order valence-electron chi connectivity index (χ4n) is 2.00. The van der Waals surface area contributed by atoms with Crippen molar-refractivity contribution in [1.82, 2.24) is 20.1 Å². The van der Waals surface area contributed by atoms with E-state index in [0.29, 0.717) is 0 Å². The largest absolute Gasteiger partial charge is 0.305 e. The van der Waals surface area contributed by atoms with Crippen molar-refractivity contribution in [2.75, 3.05) is 6.54 Å². The lowest BCUT2D eigenvalue weighted by molar-refractivity contribution is 0.571. The molecule has 1 unspecified atom stereocenters. The average Bonchev–Trinajstić information content (AvgIpc) is 2.72. The topological polar surface area (TPSA) is 42.7 Å². The zero-order chi connectivity index (χ0) is 12.3. The second kappa shape index (κ2) is 5.10. The van der Waals surface area contributed by atoms with Crippen LogP contribution in [0.4, 0.5) is 0 Å². The van der Waals surface area contributed by atoms with E-state index in [1.165, 1.54) is 11.1 Å². The van der Waals surface area contributed by atoms with Gasteiger partial charge in [-0.25, -0.2) is 0 Å². The van der Waals surface area contributed by atoms with Gasteiger partial charge in [-0.1, -0.05) is 13.0 Å². The second-order valence-electron chi connectivity index (χ2n) is 4.17. The predicted molar refractivity (Wildman–Crippen MR) is 67.7 cm³/mol. The van der Waals surface area contributed by atoms with Gasteiger partial charge in [0.1, 0.15) is 0 Å². The minimum atomic E-state index is 0.153. The van der Waals surface area contributed by atoms with Gasteiger partial charge in [-0.2, -0.15) is 5.10 Å². The molecule has 0 spiro atoms. The Morgan fingerprint density at radius 3 is 2.82 bits per heavy atom. The second-order valence-corrected chi connectivity index (χ2v) is 4.17. The van der Waals surface area contributed by atoms with Crippen LogP contribution in [-0.2, 0) is 7.05 Å². The Morgan fingerprint density at radius 1 is 1.41 bits per heavy atom. The van der Waals surface area contributed by atoms with Gasteiger partial charge in [-0.15, -0.1) is 0 Å². The fraction of sp³-hybridized carbons (Fsp3) is 0.385. The molecule has 2 rings (SSSR count). The van der Waals surface area contributed by atoms with Crippen molar-refractivity contribution < 1.29 is 0 Å². The monoisotopic (exact) mass is 230 g/mol. The van der Waals surface area contributed by atoms with Gasteiger partial charge in [0.2, 0.25) is 0 Å². The third kappa shape index (κ3) is 2.53. The third-order valence-electron chi connectivity index (χ3n) is 2.79. The zero-order valence-corrected chi connectivity index (χ0v) is 10.5. The first kappa shape index (κ1) is 11.8. The Kier molecular flexibility index (Phi) is 3.54. The van der Waals surface area contributed by atoms with Gasteiger partial charge in [-0.05, 0) is 30.7 Å². The van der Waals surface area contributed by atoms with Gasteiger partial charge in [0, 0.05) is 25.6 Å². The number of hydrogen-bond acceptors (Lipinski definition) is 3. The van der Waals surface area contributed by atoms with Crippen LogP contribution in [0, 0.1) is 6.92 Å². The molecule has 0 amide bonds. The average molecular weight is 230 g/mol. The molecule has 0 saturated carbocycles. The van der Waals surface area contributed by atoms with Crippen molar-refractivity contribution in [3.05, 3.63) is 47.5 Å². The van der Waals surface area contributed by atoms with Gasteiger partial charge in [0.05, 0.1) is 11.7 Å². The van der Waals surface area contributed by atoms with Crippen LogP contribution in [-0.4, -0.2) is 21.3 Å². The summed E-state index contributed by atoms with van der Waals surface area (Å²) in [6.45, 7) is 5.07. The van der Waals surface area contributed by atoms with Gasteiger partial charge in [0.25, 0.3) is 0 Å². The molecule has 0 aliphatic carbocycles. The molecule has 2 aromatic rings. The van der Waals surface area contributed by atoms with Crippen molar-refractivity contribution >= 4 is 0 Å². The Bertz CT molecular complexity index is 490. The first-order chi connectivity index (χ1) is 8.22. The molecular formula is C13H18N4. The Hall–Kier alpha value is -1.68. The van der Waals surface area contributed by atoms with Crippen molar-refractivity contribution in [2.45, 2.75) is 19.9 Å². The number of nitrogens with zero attached hydrogens (tertiary/aromatic N) is 3. The summed E-state index contributed by atoms with van der Waals surface area (Å²) in [4.78, 5) is 4.26. The number of pyridine rings is 1. The van der Waals surface area contributed by atoms with Crippen molar-refractivity contribution in [3.63, 3.8) is 0 Å². The van der Waals surface area contributed by atoms with Crippen molar-refractivity contribution in [1.29, 1.82) is 0 Å². The first-order valence-corrected chi connectivity index (χ1v) is 5.85. The molecule has 0 saturated heterocycles. The van der Waals surface area contributed by atoms with Crippen LogP contribution in [0.25, 0.3) is 0 Å². The van der Waals surface area contributed by atoms with E-state index < -0.39 is 0 Å². The molecule has 4 heteroatoms. The zero-order valence-electron chi connectivity index (χ0n) is 10.5. The van der Waals surface area contributed by atoms with Crippen LogP contribution < -0.4 is 5.32 Å². The molecular weight excluding hydrogens is 212 g/mol. The molecule has 90 valence electrons. The summed E-state index contributed by atoms with van der Waals surface area (Å²) in [6.07, 6.45) is 5.60. The predicted octanol–water partition coefficient (Wildman–Crippen LogP) is 1.82. The van der Waals surface area contributed by atoms with Crippen LogP contribution in [0.2, 0.25) is 0 Å². The van der Waals surface area contributed by atoms with Crippen molar-refractivity contribution in [2.24, 2.45) is 7.05 Å². The molecule has 1 N–H and O–H groups in total. The maximum atomic E-state index is 4.26. The lowest BCUT2D eigenvalue weighted by Crippen LogP contribution is -2.24. The molecule has 0 bridgehead atoms. The number of nitrogens with one attached hydrogen (secondary N) is 1. The van der Waals surface area contributed by atoms with Gasteiger partial charge < -0.3 is 5.32 Å². The summed E-state index contributed by atoms with van der Waals surface area (Å²) < 4.78 is 1.90. The van der Waals surface area contributed by atoms with Crippen LogP contribution in [0.1, 0.15) is 29.8 Å². The molecule has 0 radical (unpaired) electrons. The molecule has 2 aromatic heterocycles. The van der Waals surface area contributed by atoms with Crippen LogP contribution >= 0.6 is 0 Å². The normalized spacial score (nSPS) is 12.6. The van der Waals surface area contributed by atoms with E-state index >= 15 is 0 Å². The molecule has 0 aliphatic heterocycles. The van der Waals surface area contributed by atoms with E-state index in [-0.39, 0.29) is 6.04 Å². The van der Waals surface area contributed by atoms with E-state index in [2.05, 4.69) is 35.3 Å². The fourth-order valence-corrected chi connectivity index (χ4v) is 2.00. The van der Waals surface area contributed by atoms with E-state index in [1.807, 2.05) is 36.4 Å². The highest BCUT2D eigenvalue weighted by Crippen LogP contribution is 2.21. The van der Waals surface area contributed by atoms with E-state index in [1.54, 1.807) is 0 Å². The Balaban J connectivity index is 2.39. The highest BCUT2D eigenvalue weighted by atomic mass is 15.3. The van der Waals surface area contributed by atoms with Gasteiger partial charge in [-0.3, -0.25) is 9.67 Å². The van der Waals surface area contributed by atoms with E-state index in [0.717, 1.165) is 12.2 Å². The minimum absolute atomic E-state index is 0.153. The van der Waals surface area contributed by atoms with Crippen molar-refractivity contribution in [3.8, 4) is 0 Å². The van der Waals surface area contributed by atoms with E-state index in [9.17, 15) is 0 Å². The maximum Gasteiger partial charge on any atom is 0.0763 e. The lowest BCUT2D eigenvalue weighted by Gasteiger charge is -2.18. The molecule has 1 atom stereocenters. The molecule has 0 fully saturated rings. The van der Waals surface area contributed by atoms with Gasteiger partial charge in [0.15, 0.2) is 0 Å². The third-order valence-corrected chi connectivity index (χ3v) is 2.79. The van der Waals surface area contributed by atoms with Crippen LogP contribution in [0.3, 0.4) is 0 Å². The number of aromatic nitrogens is 3. The molecule has 0 aliphatic rings. The number of aryl methyl sites for hydroxylation is 2. The molecule has 4 nitrogen and oxygen atoms in total. The lowest BCUT2D eigenvalue weighted by atomic mass is 10.0. The summed E-state index contributed by atoms with van der Waals surface area (Å²) in [5, 5.41) is 7.69. The van der Waals surface area contributed by atoms with Crippen LogP contribution in [0.5, 0.6) is 0 Å². The summed E-state index contributed by atoms with van der Waals surface area (Å²) >= 11 is 0. The standard InChI is InChI=1S/C13H18N4/c1-4-15-13(12-5-6-16-17(12)3)11-7-10(2)8-14-9-11/h5-9,13,15H,4H2,1-3H3. The smallest absolute Gasteiger partial charge is 0.0763 e. The molecule has 17 heavy (non-hydrogen) atoms. The Morgan fingerprint density at radius 2 is 2.24 bits per heavy atom. The van der Waals surface area contributed by atoms with Gasteiger partial charge >= 0.3 is 0 Å². The molecule has 0 aromatic carbocycles. The number of hydrogen-bond donors (Lipinski definition) is 1. The van der Waals surface area contributed by atoms with Crippen LogP contribution in [0.15, 0.2) is 30.7 Å². The summed E-state index contributed by atoms with van der Waals surface area (Å²) in [5.74, 6) is 0. The summed E-state index contributed by atoms with van der Waals surface area (Å²) in [5.41, 5.74) is 3.50. The first-order valence-electron chi connectivity index (χ1n) is 5.85. The summed E-state index contributed by atoms with van der Waals surface area (Å²) in [6, 6.07) is 4.35. The minimum Gasteiger partial charge on any atom is -0.305 e. The highest BCUT2D eigenvalue weighted by molar-refractivity contribution is 5.27. The maximum absolute atomic E-state index is 4.26. The quantitative estimate of drug-likeness (QED) is 0.871. The SMILES string of the molecule is CCNC(c1cncc(C)c1)c1ccnn1C. The highest BCUT2D eigenvalue weighted by Gasteiger charge is 2.16. The van der Waals surface area contributed by atoms with E-state index in [4.69, 9.17) is 0 Å². The Labute approximate surface area is 102 Å². The number of rotatable bonds is 4. The summed E-state index contributed by atoms with van der Waals surface area (Å²) in [7, 11) is 1.96. The molecule has 2 heterocycles.